The molecule has 1 unspecified atom stereocenters. The summed E-state index contributed by atoms with van der Waals surface area (Å²) in [7, 11) is 0. The molecule has 3 aliphatic heterocycles. The lowest BCUT2D eigenvalue weighted by Crippen LogP contribution is -2.61. The number of rotatable bonds is 4. The summed E-state index contributed by atoms with van der Waals surface area (Å²) in [5.74, 6) is 0. The van der Waals surface area contributed by atoms with Crippen molar-refractivity contribution in [3.8, 4) is 0 Å². The van der Waals surface area contributed by atoms with Gasteiger partial charge >= 0.3 is 0 Å². The summed E-state index contributed by atoms with van der Waals surface area (Å²) in [5, 5.41) is 1.12. The van der Waals surface area contributed by atoms with Crippen molar-refractivity contribution in [2.45, 2.75) is 173 Å². The van der Waals surface area contributed by atoms with Crippen LogP contribution in [-0.2, 0) is 37.9 Å². The van der Waals surface area contributed by atoms with E-state index in [1.807, 2.05) is 23.5 Å². The van der Waals surface area contributed by atoms with E-state index in [9.17, 15) is 11.0 Å². The van der Waals surface area contributed by atoms with Crippen molar-refractivity contribution in [3.05, 3.63) is 178 Å². The zero-order chi connectivity index (χ0) is 61.6. The topological polar surface area (TPSA) is 9.72 Å². The molecule has 14 rings (SSSR count). The maximum atomic E-state index is 9.74. The average molecular weight is 1020 g/mol. The summed E-state index contributed by atoms with van der Waals surface area (Å²) in [4.78, 5) is 6.20. The van der Waals surface area contributed by atoms with Gasteiger partial charge in [-0.15, -0.1) is 11.3 Å². The molecule has 3 aliphatic carbocycles. The maximum Gasteiger partial charge on any atom is 0.264 e. The maximum absolute atomic E-state index is 9.74. The van der Waals surface area contributed by atoms with Crippen molar-refractivity contribution in [2.24, 2.45) is 0 Å². The lowest BCUT2D eigenvalue weighted by atomic mass is 9.35. The predicted octanol–water partition coefficient (Wildman–Crippen LogP) is 18.2. The second-order valence-corrected chi connectivity index (χ2v) is 28.9. The summed E-state index contributed by atoms with van der Waals surface area (Å²) in [6.07, 6.45) is 7.04. The van der Waals surface area contributed by atoms with Crippen molar-refractivity contribution in [2.75, 3.05) is 14.7 Å². The molecule has 0 radical (unpaired) electrons. The minimum atomic E-state index is -0.608. The third-order valence-electron chi connectivity index (χ3n) is 19.9. The van der Waals surface area contributed by atoms with Gasteiger partial charge < -0.3 is 14.7 Å². The molecule has 1 atom stereocenters. The van der Waals surface area contributed by atoms with Crippen LogP contribution in [0.2, 0.25) is 0 Å². The molecular weight excluding hydrogens is 938 g/mol. The first kappa shape index (κ1) is 38.5. The first-order valence-electron chi connectivity index (χ1n) is 32.9. The molecule has 0 amide bonds. The molecule has 8 aromatic rings. The Morgan fingerprint density at radius 3 is 1.57 bits per heavy atom. The van der Waals surface area contributed by atoms with Gasteiger partial charge in [0.25, 0.3) is 6.71 Å². The van der Waals surface area contributed by atoms with E-state index in [-0.39, 0.29) is 61.7 Å². The Bertz CT molecular complexity index is 4240. The lowest BCUT2D eigenvalue weighted by molar-refractivity contribution is 0.251. The molecule has 4 bridgehead atoms. The van der Waals surface area contributed by atoms with E-state index in [0.717, 1.165) is 94.6 Å². The zero-order valence-electron chi connectivity index (χ0n) is 56.8. The van der Waals surface area contributed by atoms with E-state index < -0.39 is 60.4 Å². The van der Waals surface area contributed by atoms with E-state index in [1.54, 1.807) is 0 Å². The summed E-state index contributed by atoms with van der Waals surface area (Å²) >= 11 is 1.85. The molecule has 0 spiro atoms. The van der Waals surface area contributed by atoms with Crippen LogP contribution in [-0.4, -0.2) is 6.71 Å². The van der Waals surface area contributed by atoms with Crippen LogP contribution < -0.4 is 30.4 Å². The first-order valence-corrected chi connectivity index (χ1v) is 28.7. The van der Waals surface area contributed by atoms with Crippen LogP contribution in [0.4, 0.5) is 51.2 Å². The minimum Gasteiger partial charge on any atom is -0.311 e. The van der Waals surface area contributed by atoms with Crippen LogP contribution in [0.3, 0.4) is 0 Å². The Hall–Kier alpha value is -6.04. The van der Waals surface area contributed by atoms with Gasteiger partial charge in [-0.2, -0.15) is 0 Å². The molecule has 1 aromatic heterocycles. The molecule has 0 saturated heterocycles. The van der Waals surface area contributed by atoms with E-state index in [0.29, 0.717) is 0 Å². The molecular formula is C71H76BN3S. The summed E-state index contributed by atoms with van der Waals surface area (Å²) < 4.78 is 95.7. The van der Waals surface area contributed by atoms with Crippen molar-refractivity contribution < 1.29 is 13.7 Å². The van der Waals surface area contributed by atoms with Crippen LogP contribution in [0.5, 0.6) is 0 Å². The molecule has 5 heteroatoms. The van der Waals surface area contributed by atoms with Gasteiger partial charge in [0.1, 0.15) is 0 Å². The Morgan fingerprint density at radius 1 is 0.461 bits per heavy atom. The van der Waals surface area contributed by atoms with Gasteiger partial charge in [-0.3, -0.25) is 0 Å². The van der Waals surface area contributed by atoms with Crippen LogP contribution in [0.15, 0.2) is 139 Å². The summed E-state index contributed by atoms with van der Waals surface area (Å²) in [6.45, 7) is 30.6. The molecule has 0 fully saturated rings. The number of nitrogens with zero attached hydrogens (tertiary/aromatic N) is 3. The average Bonchev–Trinajstić information content (AvgIpc) is 1.19. The molecule has 0 N–H and O–H groups in total. The van der Waals surface area contributed by atoms with Gasteiger partial charge in [0.2, 0.25) is 0 Å². The van der Waals surface area contributed by atoms with Crippen molar-refractivity contribution in [1.82, 2.24) is 0 Å². The highest BCUT2D eigenvalue weighted by atomic mass is 32.1. The van der Waals surface area contributed by atoms with Gasteiger partial charge in [-0.05, 0) is 211 Å². The predicted molar refractivity (Wildman–Crippen MR) is 328 cm³/mol. The highest BCUT2D eigenvalue weighted by Gasteiger charge is 2.50. The van der Waals surface area contributed by atoms with Crippen molar-refractivity contribution in [1.29, 1.82) is 0 Å². The third-order valence-corrected chi connectivity index (χ3v) is 21.2. The van der Waals surface area contributed by atoms with E-state index in [2.05, 4.69) is 167 Å². The fraction of sp³-hybridized carbons (Fsp3) is 0.380. The number of para-hydroxylation sites is 2. The Morgan fingerprint density at radius 2 is 0.961 bits per heavy atom. The summed E-state index contributed by atoms with van der Waals surface area (Å²) in [5.41, 5.74) is 15.4. The fourth-order valence-corrected chi connectivity index (χ4v) is 16.6. The minimum absolute atomic E-state index is 0.0782. The second kappa shape index (κ2) is 15.8. The standard InChI is InChI=1S/C71H76BN3S/c1-65(2)30-31-67(5,6)53-37-47(25-27-51(53)65)74-58-42-55-54(68(7,8)32-33-69(55,9)10)41-57(58)72-62-59(74)39-49(73(45-20-16-14-17-21-45)46-22-18-15-19-23-46)40-60(62)75-48-26-28-52-56(38-48)71(13,35-34-66(52,3)4)43-70(11,12)44-24-29-61-50(36-44)63(75)64(72)76-61/h14-29,36-42H,30-35,43H2,1-13H3/i14D,15D,16D,17D,18D,19D,20D,21D,22D,23D. The van der Waals surface area contributed by atoms with Crippen LogP contribution >= 0.6 is 11.3 Å². The van der Waals surface area contributed by atoms with Crippen molar-refractivity contribution >= 4 is 95.0 Å². The van der Waals surface area contributed by atoms with Gasteiger partial charge in [-0.1, -0.05) is 151 Å². The second-order valence-electron chi connectivity index (χ2n) is 27.8. The molecule has 6 aliphatic rings. The van der Waals surface area contributed by atoms with Gasteiger partial charge in [0.05, 0.1) is 25.1 Å². The number of thiophene rings is 1. The number of hydrogen-bond donors (Lipinski definition) is 0. The normalized spacial score (nSPS) is 23.8. The molecule has 3 nitrogen and oxygen atoms in total. The summed E-state index contributed by atoms with van der Waals surface area (Å²) in [6, 6.07) is 24.3. The Balaban J connectivity index is 1.21. The molecule has 4 heterocycles. The number of fused-ring (bicyclic) bond motifs is 9. The molecule has 7 aromatic carbocycles. The lowest BCUT2D eigenvalue weighted by Gasteiger charge is -2.48. The van der Waals surface area contributed by atoms with Gasteiger partial charge in [0.15, 0.2) is 0 Å². The fourth-order valence-electron chi connectivity index (χ4n) is 15.3. The monoisotopic (exact) mass is 1020 g/mol. The number of anilines is 9. The van der Waals surface area contributed by atoms with Crippen LogP contribution in [0, 0.1) is 0 Å². The third kappa shape index (κ3) is 6.91. The molecule has 0 saturated carbocycles. The van der Waals surface area contributed by atoms with Crippen LogP contribution in [0.25, 0.3) is 10.1 Å². The Kier molecular flexibility index (Phi) is 8.01. The van der Waals surface area contributed by atoms with Crippen LogP contribution in [0.1, 0.15) is 188 Å². The number of benzene rings is 7. The Labute approximate surface area is 472 Å². The first-order chi connectivity index (χ1) is 40.1. The van der Waals surface area contributed by atoms with E-state index >= 15 is 0 Å². The smallest absolute Gasteiger partial charge is 0.264 e. The van der Waals surface area contributed by atoms with E-state index in [1.165, 1.54) is 54.1 Å². The zero-order valence-corrected chi connectivity index (χ0v) is 47.6. The largest absolute Gasteiger partial charge is 0.311 e. The van der Waals surface area contributed by atoms with Crippen molar-refractivity contribution in [3.63, 3.8) is 0 Å². The molecule has 384 valence electrons. The van der Waals surface area contributed by atoms with Gasteiger partial charge in [0, 0.05) is 54.7 Å². The highest BCUT2D eigenvalue weighted by molar-refractivity contribution is 7.33. The van der Waals surface area contributed by atoms with Gasteiger partial charge in [-0.25, -0.2) is 0 Å². The SMILES string of the molecule is [2H]c1c([2H])c([2H])c(N(c2cc3c4c(c2)N2c5ccc6c(c5)C(C)(CCC6(C)C)CC(C)(C)c5ccc6sc(c2c6c5)B4c2cc4c(cc2N3c2ccc3c(c2)C(C)(C)CCC3(C)C)C(C)(C)CCC4(C)C)c2c([2H])c([2H])c([2H])c([2H])c2[2H])c([2H])c1[2H]. The number of hydrogen-bond acceptors (Lipinski definition) is 4. The highest BCUT2D eigenvalue weighted by Crippen LogP contribution is 2.58. The van der Waals surface area contributed by atoms with E-state index in [4.69, 9.17) is 2.74 Å². The quantitative estimate of drug-likeness (QED) is 0.163. The molecule has 76 heavy (non-hydrogen) atoms.